The van der Waals surface area contributed by atoms with Crippen LogP contribution in [0.3, 0.4) is 0 Å². The molecule has 4 unspecified atom stereocenters. The standard InChI is InChI=1S/C7H16FO2P.C7H17O3P.Ca.2ClO.FH.H2O/c2*1-6(7(2,3)4)10-11(5,8)9;;2*1-2;;/h6H,1-5H3;6H,1-5H3,(H,8,9);;;;1H;1H2/q;;+2;2*-1;;. The predicted molar refractivity (Wildman–Crippen MR) is 114 cm³/mol. The van der Waals surface area contributed by atoms with E-state index in [1.165, 1.54) is 6.66 Å². The van der Waals surface area contributed by atoms with Crippen LogP contribution in [0, 0.1) is 10.8 Å². The van der Waals surface area contributed by atoms with E-state index < -0.39 is 15.3 Å². The van der Waals surface area contributed by atoms with Crippen molar-refractivity contribution in [3.8, 4) is 0 Å². The summed E-state index contributed by atoms with van der Waals surface area (Å²) in [5.41, 5.74) is -0.258. The molecule has 0 saturated heterocycles. The van der Waals surface area contributed by atoms with E-state index in [9.17, 15) is 13.3 Å². The van der Waals surface area contributed by atoms with E-state index in [1.807, 2.05) is 41.5 Å². The van der Waals surface area contributed by atoms with Gasteiger partial charge in [-0.1, -0.05) is 41.5 Å². The predicted octanol–water partition coefficient (Wildman–Crippen LogP) is 3.43. The second-order valence-corrected chi connectivity index (χ2v) is 11.3. The molecule has 29 heavy (non-hydrogen) atoms. The van der Waals surface area contributed by atoms with Gasteiger partial charge in [-0.05, 0) is 24.7 Å². The Morgan fingerprint density at radius 2 is 1.07 bits per heavy atom. The summed E-state index contributed by atoms with van der Waals surface area (Å²) in [6, 6.07) is 0. The summed E-state index contributed by atoms with van der Waals surface area (Å²) in [5.74, 6) is 0. The molecule has 0 aliphatic rings. The maximum atomic E-state index is 12.5. The molecular formula is C14H36CaCl2F2O8P2. The third-order valence-electron chi connectivity index (χ3n) is 3.14. The van der Waals surface area contributed by atoms with Crippen molar-refractivity contribution in [2.75, 3.05) is 13.3 Å². The van der Waals surface area contributed by atoms with Crippen LogP contribution < -0.4 is 9.32 Å². The molecule has 4 atom stereocenters. The van der Waals surface area contributed by atoms with Crippen molar-refractivity contribution < 1.29 is 46.8 Å². The first-order valence-electron chi connectivity index (χ1n) is 7.51. The molecule has 0 aliphatic carbocycles. The summed E-state index contributed by atoms with van der Waals surface area (Å²) in [7, 11) is -7.14. The summed E-state index contributed by atoms with van der Waals surface area (Å²) < 4.78 is 58.9. The average Bonchev–Trinajstić information content (AvgIpc) is 2.38. The van der Waals surface area contributed by atoms with Crippen molar-refractivity contribution in [2.45, 2.75) is 67.6 Å². The number of halogens is 4. The van der Waals surface area contributed by atoms with E-state index in [0.29, 0.717) is 0 Å². The molecule has 0 aliphatic heterocycles. The molecule has 0 radical (unpaired) electrons. The first-order chi connectivity index (χ1) is 11.3. The van der Waals surface area contributed by atoms with E-state index in [1.54, 1.807) is 13.8 Å². The fraction of sp³-hybridized carbons (Fsp3) is 1.00. The van der Waals surface area contributed by atoms with Crippen LogP contribution in [0.5, 0.6) is 0 Å². The SMILES string of the molecule is CC(OP(C)(=O)F)C(C)(C)C.CC(OP(C)(=O)O)C(C)(C)C.F.O.[Ca+2].[O-]Cl.[O-]Cl. The average molecular weight is 543 g/mol. The number of hydrogen-bond donors (Lipinski definition) is 1. The molecule has 180 valence electrons. The van der Waals surface area contributed by atoms with Crippen molar-refractivity contribution in [3.63, 3.8) is 0 Å². The van der Waals surface area contributed by atoms with Gasteiger partial charge in [0.15, 0.2) is 0 Å². The summed E-state index contributed by atoms with van der Waals surface area (Å²) in [6.07, 6.45) is -0.535. The van der Waals surface area contributed by atoms with Crippen molar-refractivity contribution in [1.82, 2.24) is 0 Å². The van der Waals surface area contributed by atoms with Crippen LogP contribution >= 0.6 is 39.0 Å². The molecule has 0 bridgehead atoms. The molecule has 3 N–H and O–H groups in total. The van der Waals surface area contributed by atoms with Crippen molar-refractivity contribution in [2.24, 2.45) is 10.8 Å². The Morgan fingerprint density at radius 3 is 1.14 bits per heavy atom. The van der Waals surface area contributed by atoms with Crippen LogP contribution in [0.2, 0.25) is 0 Å². The summed E-state index contributed by atoms with van der Waals surface area (Å²) in [5, 5.41) is 0. The maximum Gasteiger partial charge on any atom is 2.00 e. The molecule has 0 saturated carbocycles. The normalized spacial score (nSPS) is 16.3. The largest absolute Gasteiger partial charge is 2.00 e. The molecule has 0 fully saturated rings. The van der Waals surface area contributed by atoms with Crippen LogP contribution in [0.15, 0.2) is 0 Å². The Balaban J connectivity index is -0.0000000521. The summed E-state index contributed by atoms with van der Waals surface area (Å²) in [4.78, 5) is 8.88. The van der Waals surface area contributed by atoms with Crippen molar-refractivity contribution >= 4 is 76.7 Å². The van der Waals surface area contributed by atoms with Gasteiger partial charge in [0, 0.05) is 13.3 Å². The molecule has 0 aromatic carbocycles. The molecule has 0 rings (SSSR count). The van der Waals surface area contributed by atoms with Gasteiger partial charge in [-0.3, -0.25) is 13.8 Å². The fourth-order valence-electron chi connectivity index (χ4n) is 0.892. The number of rotatable bonds is 4. The Kier molecular flexibility index (Phi) is 36.3. The quantitative estimate of drug-likeness (QED) is 0.422. The van der Waals surface area contributed by atoms with Gasteiger partial charge in [0.2, 0.25) is 0 Å². The second kappa shape index (κ2) is 21.7. The van der Waals surface area contributed by atoms with E-state index >= 15 is 0 Å². The molecule has 0 spiro atoms. The van der Waals surface area contributed by atoms with Gasteiger partial charge in [-0.15, -0.1) is 0 Å². The molecule has 15 heteroatoms. The monoisotopic (exact) mass is 542 g/mol. The minimum absolute atomic E-state index is 0. The molecule has 8 nitrogen and oxygen atoms in total. The minimum atomic E-state index is -3.82. The molecule has 0 aromatic heterocycles. The third kappa shape index (κ3) is 40.8. The zero-order valence-electron chi connectivity index (χ0n) is 18.7. The van der Waals surface area contributed by atoms with Crippen molar-refractivity contribution in [1.29, 1.82) is 0 Å². The van der Waals surface area contributed by atoms with E-state index in [2.05, 4.69) is 23.7 Å². The van der Waals surface area contributed by atoms with Gasteiger partial charge in [0.25, 0.3) is 0 Å². The topological polar surface area (TPSA) is 150 Å². The molecular weight excluding hydrogens is 507 g/mol. The van der Waals surface area contributed by atoms with E-state index in [0.717, 1.165) is 6.66 Å². The van der Waals surface area contributed by atoms with Crippen LogP contribution in [0.4, 0.5) is 8.90 Å². The first kappa shape index (κ1) is 48.4. The van der Waals surface area contributed by atoms with E-state index in [-0.39, 0.29) is 71.0 Å². The van der Waals surface area contributed by atoms with Crippen LogP contribution in [0.1, 0.15) is 55.4 Å². The van der Waals surface area contributed by atoms with Crippen LogP contribution in [-0.2, 0) is 18.2 Å². The fourth-order valence-corrected chi connectivity index (χ4v) is 2.68. The second-order valence-electron chi connectivity index (χ2n) is 7.78. The Hall–Kier alpha value is 1.92. The molecule has 0 heterocycles. The van der Waals surface area contributed by atoms with Gasteiger partial charge in [0.05, 0.1) is 12.2 Å². The van der Waals surface area contributed by atoms with E-state index in [4.69, 9.17) is 23.3 Å². The smallest absolute Gasteiger partial charge is 0.769 e. The molecule has 0 amide bonds. The van der Waals surface area contributed by atoms with Crippen LogP contribution in [-0.4, -0.2) is 73.6 Å². The van der Waals surface area contributed by atoms with Crippen LogP contribution in [0.25, 0.3) is 0 Å². The Labute approximate surface area is 214 Å². The van der Waals surface area contributed by atoms with Gasteiger partial charge in [-0.2, -0.15) is 4.20 Å². The minimum Gasteiger partial charge on any atom is -0.769 e. The Bertz CT molecular complexity index is 400. The first-order valence-corrected chi connectivity index (χ1v) is 12.1. The number of hydrogen-bond acceptors (Lipinski definition) is 6. The van der Waals surface area contributed by atoms with Gasteiger partial charge in [0.1, 0.15) is 0 Å². The summed E-state index contributed by atoms with van der Waals surface area (Å²) >= 11 is 6.78. The summed E-state index contributed by atoms with van der Waals surface area (Å²) in [6.45, 7) is 17.3. The van der Waals surface area contributed by atoms with Gasteiger partial charge >= 0.3 is 53.0 Å². The van der Waals surface area contributed by atoms with Crippen molar-refractivity contribution in [3.05, 3.63) is 0 Å². The zero-order valence-corrected chi connectivity index (χ0v) is 24.2. The maximum absolute atomic E-state index is 12.5. The zero-order chi connectivity index (χ0) is 22.6. The third-order valence-corrected chi connectivity index (χ3v) is 4.54. The molecule has 0 aromatic rings. The van der Waals surface area contributed by atoms with Gasteiger partial charge < -0.3 is 28.7 Å². The Morgan fingerprint density at radius 1 is 0.862 bits per heavy atom. The van der Waals surface area contributed by atoms with Gasteiger partial charge in [-0.25, -0.2) is 23.7 Å².